The van der Waals surface area contributed by atoms with E-state index >= 15 is 0 Å². The molecule has 116 valence electrons. The molecular formula is C16H24N2O3. The van der Waals surface area contributed by atoms with Crippen molar-refractivity contribution in [3.63, 3.8) is 0 Å². The Labute approximate surface area is 126 Å². The summed E-state index contributed by atoms with van der Waals surface area (Å²) < 4.78 is 4.75. The number of benzene rings is 1. The van der Waals surface area contributed by atoms with E-state index in [2.05, 4.69) is 10.6 Å². The van der Waals surface area contributed by atoms with E-state index in [4.69, 9.17) is 4.74 Å². The normalized spacial score (nSPS) is 13.2. The third kappa shape index (κ3) is 4.48. The molecule has 0 bridgehead atoms. The third-order valence-corrected chi connectivity index (χ3v) is 3.81. The van der Waals surface area contributed by atoms with Crippen molar-refractivity contribution >= 4 is 17.7 Å². The van der Waals surface area contributed by atoms with E-state index in [-0.39, 0.29) is 5.92 Å². The van der Waals surface area contributed by atoms with Gasteiger partial charge in [0.15, 0.2) is 0 Å². The Morgan fingerprint density at radius 2 is 1.95 bits per heavy atom. The summed E-state index contributed by atoms with van der Waals surface area (Å²) in [6.45, 7) is 7.79. The summed E-state index contributed by atoms with van der Waals surface area (Å²) in [7, 11) is 1.32. The molecule has 5 nitrogen and oxygen atoms in total. The summed E-state index contributed by atoms with van der Waals surface area (Å²) in [5, 5.41) is 5.47. The van der Waals surface area contributed by atoms with Crippen molar-refractivity contribution in [2.24, 2.45) is 5.92 Å². The van der Waals surface area contributed by atoms with E-state index in [0.717, 1.165) is 23.2 Å². The van der Waals surface area contributed by atoms with Gasteiger partial charge in [-0.3, -0.25) is 0 Å². The Hall–Kier alpha value is -2.04. The third-order valence-electron chi connectivity index (χ3n) is 3.81. The van der Waals surface area contributed by atoms with Gasteiger partial charge in [-0.1, -0.05) is 32.4 Å². The minimum Gasteiger partial charge on any atom is -0.467 e. The lowest BCUT2D eigenvalue weighted by Gasteiger charge is -2.22. The lowest BCUT2D eigenvalue weighted by Crippen LogP contribution is -2.47. The van der Waals surface area contributed by atoms with Crippen LogP contribution in [-0.4, -0.2) is 25.2 Å². The zero-order valence-electron chi connectivity index (χ0n) is 13.3. The van der Waals surface area contributed by atoms with Crippen LogP contribution in [0.5, 0.6) is 0 Å². The number of hydrogen-bond acceptors (Lipinski definition) is 3. The molecule has 1 aromatic carbocycles. The smallest absolute Gasteiger partial charge is 0.328 e. The Balaban J connectivity index is 2.78. The molecule has 21 heavy (non-hydrogen) atoms. The van der Waals surface area contributed by atoms with E-state index in [1.54, 1.807) is 0 Å². The van der Waals surface area contributed by atoms with Gasteiger partial charge >= 0.3 is 12.0 Å². The lowest BCUT2D eigenvalue weighted by molar-refractivity contribution is -0.144. The Morgan fingerprint density at radius 1 is 1.29 bits per heavy atom. The molecule has 2 N–H and O–H groups in total. The molecular weight excluding hydrogens is 268 g/mol. The molecule has 0 aliphatic rings. The van der Waals surface area contributed by atoms with Gasteiger partial charge in [-0.15, -0.1) is 0 Å². The summed E-state index contributed by atoms with van der Waals surface area (Å²) in [6, 6.07) is 4.64. The average Bonchev–Trinajstić information content (AvgIpc) is 2.48. The zero-order chi connectivity index (χ0) is 16.0. The maximum atomic E-state index is 12.1. The van der Waals surface area contributed by atoms with Crippen LogP contribution in [0.2, 0.25) is 0 Å². The molecule has 0 saturated heterocycles. The number of ether oxygens (including phenoxy) is 1. The SMILES string of the molecule is CC[C@@H](C)[C@H](NC(=O)Nc1cccc(C)c1C)C(=O)OC. The van der Waals surface area contributed by atoms with Crippen molar-refractivity contribution in [1.29, 1.82) is 0 Å². The van der Waals surface area contributed by atoms with E-state index in [9.17, 15) is 9.59 Å². The molecule has 2 amide bonds. The molecule has 0 fully saturated rings. The Kier molecular flexibility index (Phi) is 6.21. The summed E-state index contributed by atoms with van der Waals surface area (Å²) in [5.41, 5.74) is 2.84. The maximum Gasteiger partial charge on any atom is 0.328 e. The van der Waals surface area contributed by atoms with E-state index < -0.39 is 18.0 Å². The molecule has 0 unspecified atom stereocenters. The summed E-state index contributed by atoms with van der Waals surface area (Å²) in [6.07, 6.45) is 0.767. The fourth-order valence-corrected chi connectivity index (χ4v) is 1.98. The van der Waals surface area contributed by atoms with Gasteiger partial charge in [-0.2, -0.15) is 0 Å². The van der Waals surface area contributed by atoms with Crippen molar-refractivity contribution in [2.75, 3.05) is 12.4 Å². The standard InChI is InChI=1S/C16H24N2O3/c1-6-10(2)14(15(19)21-5)18-16(20)17-13-9-7-8-11(3)12(13)4/h7-10,14H,6H2,1-5H3,(H2,17,18,20)/t10-,14+/m1/s1. The molecule has 0 spiro atoms. The minimum absolute atomic E-state index is 0.00167. The molecule has 5 heteroatoms. The largest absolute Gasteiger partial charge is 0.467 e. The van der Waals surface area contributed by atoms with Gasteiger partial charge in [-0.05, 0) is 37.0 Å². The summed E-state index contributed by atoms with van der Waals surface area (Å²) in [5.74, 6) is -0.428. The molecule has 0 heterocycles. The number of rotatable bonds is 5. The lowest BCUT2D eigenvalue weighted by atomic mass is 9.99. The number of esters is 1. The molecule has 1 aromatic rings. The summed E-state index contributed by atoms with van der Waals surface area (Å²) in [4.78, 5) is 23.9. The molecule has 0 radical (unpaired) electrons. The predicted molar refractivity (Wildman–Crippen MR) is 83.3 cm³/mol. The monoisotopic (exact) mass is 292 g/mol. The van der Waals surface area contributed by atoms with Crippen LogP contribution in [0.25, 0.3) is 0 Å². The molecule has 0 aliphatic carbocycles. The van der Waals surface area contributed by atoms with Gasteiger partial charge < -0.3 is 15.4 Å². The van der Waals surface area contributed by atoms with Gasteiger partial charge in [0.1, 0.15) is 6.04 Å². The number of methoxy groups -OCH3 is 1. The van der Waals surface area contributed by atoms with Gasteiger partial charge in [-0.25, -0.2) is 9.59 Å². The molecule has 0 aromatic heterocycles. The van der Waals surface area contributed by atoms with Crippen molar-refractivity contribution in [3.8, 4) is 0 Å². The quantitative estimate of drug-likeness (QED) is 0.820. The molecule has 0 saturated carbocycles. The number of urea groups is 1. The number of amides is 2. The minimum atomic E-state index is -0.648. The highest BCUT2D eigenvalue weighted by atomic mass is 16.5. The highest BCUT2D eigenvalue weighted by molar-refractivity contribution is 5.93. The Bertz CT molecular complexity index is 514. The van der Waals surface area contributed by atoms with Crippen LogP contribution in [-0.2, 0) is 9.53 Å². The number of carbonyl (C=O) groups is 2. The topological polar surface area (TPSA) is 67.4 Å². The fraction of sp³-hybridized carbons (Fsp3) is 0.500. The summed E-state index contributed by atoms with van der Waals surface area (Å²) >= 11 is 0. The fourth-order valence-electron chi connectivity index (χ4n) is 1.98. The van der Waals surface area contributed by atoms with Gasteiger partial charge in [0.25, 0.3) is 0 Å². The first-order valence-electron chi connectivity index (χ1n) is 7.12. The number of carbonyl (C=O) groups excluding carboxylic acids is 2. The van der Waals surface area contributed by atoms with Crippen LogP contribution in [0.3, 0.4) is 0 Å². The second-order valence-electron chi connectivity index (χ2n) is 5.23. The highest BCUT2D eigenvalue weighted by Gasteiger charge is 2.26. The number of hydrogen-bond donors (Lipinski definition) is 2. The molecule has 0 aliphatic heterocycles. The van der Waals surface area contributed by atoms with Crippen molar-refractivity contribution < 1.29 is 14.3 Å². The number of nitrogens with one attached hydrogen (secondary N) is 2. The highest BCUT2D eigenvalue weighted by Crippen LogP contribution is 2.18. The van der Waals surface area contributed by atoms with Crippen molar-refractivity contribution in [1.82, 2.24) is 5.32 Å². The van der Waals surface area contributed by atoms with Gasteiger partial charge in [0.05, 0.1) is 7.11 Å². The van der Waals surface area contributed by atoms with Crippen LogP contribution in [0, 0.1) is 19.8 Å². The van der Waals surface area contributed by atoms with E-state index in [1.165, 1.54) is 7.11 Å². The van der Waals surface area contributed by atoms with E-state index in [0.29, 0.717) is 0 Å². The average molecular weight is 292 g/mol. The van der Waals surface area contributed by atoms with Gasteiger partial charge in [0.2, 0.25) is 0 Å². The van der Waals surface area contributed by atoms with Crippen LogP contribution in [0.4, 0.5) is 10.5 Å². The molecule has 1 rings (SSSR count). The van der Waals surface area contributed by atoms with Crippen molar-refractivity contribution in [3.05, 3.63) is 29.3 Å². The van der Waals surface area contributed by atoms with Crippen LogP contribution >= 0.6 is 0 Å². The van der Waals surface area contributed by atoms with Gasteiger partial charge in [0, 0.05) is 5.69 Å². The number of anilines is 1. The van der Waals surface area contributed by atoms with Crippen LogP contribution in [0.15, 0.2) is 18.2 Å². The first-order valence-corrected chi connectivity index (χ1v) is 7.12. The first kappa shape index (κ1) is 17.0. The Morgan fingerprint density at radius 3 is 2.52 bits per heavy atom. The predicted octanol–water partition coefficient (Wildman–Crippen LogP) is 3.01. The molecule has 2 atom stereocenters. The van der Waals surface area contributed by atoms with Crippen LogP contribution in [0.1, 0.15) is 31.4 Å². The van der Waals surface area contributed by atoms with Crippen molar-refractivity contribution in [2.45, 2.75) is 40.2 Å². The van der Waals surface area contributed by atoms with E-state index in [1.807, 2.05) is 45.9 Å². The zero-order valence-corrected chi connectivity index (χ0v) is 13.3. The van der Waals surface area contributed by atoms with Crippen LogP contribution < -0.4 is 10.6 Å². The maximum absolute atomic E-state index is 12.1. The first-order chi connectivity index (χ1) is 9.90. The second kappa shape index (κ2) is 7.67. The second-order valence-corrected chi connectivity index (χ2v) is 5.23. The number of aryl methyl sites for hydroxylation is 1.